The van der Waals surface area contributed by atoms with Gasteiger partial charge < -0.3 is 19.7 Å². The summed E-state index contributed by atoms with van der Waals surface area (Å²) in [5.74, 6) is 2.35. The summed E-state index contributed by atoms with van der Waals surface area (Å²) in [5, 5.41) is 21.4. The number of phenolic OH excluding ortho intramolecular Hbond substituents is 1. The number of hydrogen-bond donors (Lipinski definition) is 2. The number of nitrogens with zero attached hydrogens (tertiary/aromatic N) is 5. The smallest absolute Gasteiger partial charge is 0.252 e. The largest absolute Gasteiger partial charge is 0.504 e. The standard InChI is InChI=1S/C22H26N6O3/c1-31-19-13-16(4-5-18(19)29)15-27-10-7-21-26-25-20(28(21)12-11-27)6-9-24-22(30)17-3-2-8-23-14-17/h2-5,8,13-14,29H,6-7,9-12,15H2,1H3,(H,24,30). The first kappa shape index (κ1) is 20.8. The number of benzene rings is 1. The van der Waals surface area contributed by atoms with Gasteiger partial charge in [-0.3, -0.25) is 14.7 Å². The average Bonchev–Trinajstić information content (AvgIpc) is 3.07. The minimum atomic E-state index is -0.140. The van der Waals surface area contributed by atoms with Gasteiger partial charge in [0.25, 0.3) is 5.91 Å². The van der Waals surface area contributed by atoms with E-state index in [0.29, 0.717) is 24.3 Å². The summed E-state index contributed by atoms with van der Waals surface area (Å²) in [6.45, 7) is 3.79. The molecule has 0 aliphatic carbocycles. The Bertz CT molecular complexity index is 1040. The molecule has 162 valence electrons. The van der Waals surface area contributed by atoms with Gasteiger partial charge in [-0.25, -0.2) is 0 Å². The number of rotatable bonds is 7. The second kappa shape index (κ2) is 9.57. The molecule has 1 aliphatic heterocycles. The number of amides is 1. The molecule has 0 saturated carbocycles. The van der Waals surface area contributed by atoms with Gasteiger partial charge in [0.2, 0.25) is 0 Å². The SMILES string of the molecule is COc1cc(CN2CCc3nnc(CCNC(=O)c4cccnc4)n3CC2)ccc1O. The zero-order valence-corrected chi connectivity index (χ0v) is 17.5. The number of aromatic nitrogens is 4. The predicted octanol–water partition coefficient (Wildman–Crippen LogP) is 1.42. The molecule has 3 heterocycles. The fraction of sp³-hybridized carbons (Fsp3) is 0.364. The molecule has 9 nitrogen and oxygen atoms in total. The molecular weight excluding hydrogens is 396 g/mol. The molecule has 0 unspecified atom stereocenters. The van der Waals surface area contributed by atoms with Crippen LogP contribution in [0.2, 0.25) is 0 Å². The van der Waals surface area contributed by atoms with E-state index in [4.69, 9.17) is 4.74 Å². The first-order chi connectivity index (χ1) is 15.1. The molecule has 1 amide bonds. The number of aromatic hydroxyl groups is 1. The van der Waals surface area contributed by atoms with Gasteiger partial charge in [0.15, 0.2) is 11.5 Å². The van der Waals surface area contributed by atoms with E-state index in [1.165, 1.54) is 0 Å². The molecule has 31 heavy (non-hydrogen) atoms. The van der Waals surface area contributed by atoms with Crippen molar-refractivity contribution in [2.24, 2.45) is 0 Å². The van der Waals surface area contributed by atoms with Crippen molar-refractivity contribution in [1.29, 1.82) is 0 Å². The van der Waals surface area contributed by atoms with Crippen LogP contribution in [-0.2, 0) is 25.9 Å². The minimum Gasteiger partial charge on any atom is -0.504 e. The van der Waals surface area contributed by atoms with Crippen LogP contribution in [0.3, 0.4) is 0 Å². The third kappa shape index (κ3) is 5.00. The first-order valence-electron chi connectivity index (χ1n) is 10.3. The van der Waals surface area contributed by atoms with Crippen LogP contribution in [0, 0.1) is 0 Å². The van der Waals surface area contributed by atoms with Crippen molar-refractivity contribution < 1.29 is 14.6 Å². The van der Waals surface area contributed by atoms with Crippen LogP contribution >= 0.6 is 0 Å². The number of nitrogens with one attached hydrogen (secondary N) is 1. The lowest BCUT2D eigenvalue weighted by Crippen LogP contribution is -2.28. The van der Waals surface area contributed by atoms with Gasteiger partial charge in [-0.05, 0) is 29.8 Å². The molecule has 2 N–H and O–H groups in total. The molecule has 0 spiro atoms. The van der Waals surface area contributed by atoms with Gasteiger partial charge in [0, 0.05) is 58.0 Å². The number of fused-ring (bicyclic) bond motifs is 1. The number of carbonyl (C=O) groups excluding carboxylic acids is 1. The normalized spacial score (nSPS) is 14.0. The third-order valence-electron chi connectivity index (χ3n) is 5.40. The Morgan fingerprint density at radius 2 is 2.13 bits per heavy atom. The van der Waals surface area contributed by atoms with Crippen molar-refractivity contribution in [3.05, 3.63) is 65.5 Å². The van der Waals surface area contributed by atoms with Gasteiger partial charge in [0.1, 0.15) is 11.6 Å². The van der Waals surface area contributed by atoms with Crippen LogP contribution < -0.4 is 10.1 Å². The van der Waals surface area contributed by atoms with Crippen LogP contribution in [0.1, 0.15) is 27.6 Å². The number of carbonyl (C=O) groups is 1. The van der Waals surface area contributed by atoms with E-state index in [-0.39, 0.29) is 11.7 Å². The molecule has 4 rings (SSSR count). The first-order valence-corrected chi connectivity index (χ1v) is 10.3. The van der Waals surface area contributed by atoms with E-state index in [1.807, 2.05) is 12.1 Å². The molecule has 9 heteroatoms. The van der Waals surface area contributed by atoms with E-state index in [0.717, 1.165) is 49.8 Å². The molecule has 1 aromatic carbocycles. The summed E-state index contributed by atoms with van der Waals surface area (Å²) < 4.78 is 7.37. The van der Waals surface area contributed by atoms with E-state index >= 15 is 0 Å². The Hall–Kier alpha value is -3.46. The van der Waals surface area contributed by atoms with Crippen molar-refractivity contribution in [2.45, 2.75) is 25.9 Å². The Morgan fingerprint density at radius 3 is 2.94 bits per heavy atom. The van der Waals surface area contributed by atoms with E-state index in [2.05, 4.69) is 30.0 Å². The summed E-state index contributed by atoms with van der Waals surface area (Å²) >= 11 is 0. The molecule has 0 fully saturated rings. The van der Waals surface area contributed by atoms with Crippen LogP contribution in [0.25, 0.3) is 0 Å². The second-order valence-electron chi connectivity index (χ2n) is 7.46. The van der Waals surface area contributed by atoms with E-state index < -0.39 is 0 Å². The summed E-state index contributed by atoms with van der Waals surface area (Å²) in [4.78, 5) is 18.5. The highest BCUT2D eigenvalue weighted by molar-refractivity contribution is 5.93. The van der Waals surface area contributed by atoms with Gasteiger partial charge in [0.05, 0.1) is 12.7 Å². The fourth-order valence-corrected chi connectivity index (χ4v) is 3.74. The van der Waals surface area contributed by atoms with Crippen molar-refractivity contribution in [3.8, 4) is 11.5 Å². The number of pyridine rings is 1. The Morgan fingerprint density at radius 1 is 1.23 bits per heavy atom. The van der Waals surface area contributed by atoms with Gasteiger partial charge in [-0.1, -0.05) is 6.07 Å². The van der Waals surface area contributed by atoms with Gasteiger partial charge >= 0.3 is 0 Å². The maximum absolute atomic E-state index is 12.2. The zero-order valence-electron chi connectivity index (χ0n) is 17.5. The van der Waals surface area contributed by atoms with Crippen molar-refractivity contribution in [1.82, 2.24) is 30.0 Å². The molecule has 3 aromatic rings. The molecule has 0 radical (unpaired) electrons. The van der Waals surface area contributed by atoms with Crippen LogP contribution in [0.4, 0.5) is 0 Å². The highest BCUT2D eigenvalue weighted by atomic mass is 16.5. The summed E-state index contributed by atoms with van der Waals surface area (Å²) in [7, 11) is 1.55. The molecule has 0 bridgehead atoms. The molecule has 0 saturated heterocycles. The summed E-state index contributed by atoms with van der Waals surface area (Å²) in [6.07, 6.45) is 4.62. The lowest BCUT2D eigenvalue weighted by Gasteiger charge is -2.20. The number of phenols is 1. The maximum atomic E-state index is 12.2. The van der Waals surface area contributed by atoms with Crippen LogP contribution in [-0.4, -0.2) is 62.4 Å². The Kier molecular flexibility index (Phi) is 6.42. The van der Waals surface area contributed by atoms with Crippen molar-refractivity contribution in [2.75, 3.05) is 26.7 Å². The third-order valence-corrected chi connectivity index (χ3v) is 5.40. The Balaban J connectivity index is 1.32. The van der Waals surface area contributed by atoms with Gasteiger partial charge in [-0.2, -0.15) is 0 Å². The average molecular weight is 422 g/mol. The van der Waals surface area contributed by atoms with Gasteiger partial charge in [-0.15, -0.1) is 10.2 Å². The van der Waals surface area contributed by atoms with Crippen molar-refractivity contribution >= 4 is 5.91 Å². The zero-order chi connectivity index (χ0) is 21.6. The van der Waals surface area contributed by atoms with Crippen molar-refractivity contribution in [3.63, 3.8) is 0 Å². The maximum Gasteiger partial charge on any atom is 0.252 e. The molecule has 0 atom stereocenters. The lowest BCUT2D eigenvalue weighted by atomic mass is 10.2. The topological polar surface area (TPSA) is 105 Å². The van der Waals surface area contributed by atoms with E-state index in [9.17, 15) is 9.90 Å². The lowest BCUT2D eigenvalue weighted by molar-refractivity contribution is 0.0953. The monoisotopic (exact) mass is 422 g/mol. The predicted molar refractivity (Wildman–Crippen MR) is 114 cm³/mol. The molecular formula is C22H26N6O3. The molecule has 1 aliphatic rings. The fourth-order valence-electron chi connectivity index (χ4n) is 3.74. The number of methoxy groups -OCH3 is 1. The Labute approximate surface area is 180 Å². The quantitative estimate of drug-likeness (QED) is 0.593. The number of hydrogen-bond acceptors (Lipinski definition) is 7. The highest BCUT2D eigenvalue weighted by Crippen LogP contribution is 2.27. The summed E-state index contributed by atoms with van der Waals surface area (Å²) in [5.41, 5.74) is 1.63. The summed E-state index contributed by atoms with van der Waals surface area (Å²) in [6, 6.07) is 8.94. The van der Waals surface area contributed by atoms with E-state index in [1.54, 1.807) is 37.7 Å². The highest BCUT2D eigenvalue weighted by Gasteiger charge is 2.19. The minimum absolute atomic E-state index is 0.140. The number of ether oxygens (including phenoxy) is 1. The second-order valence-corrected chi connectivity index (χ2v) is 7.46. The van der Waals surface area contributed by atoms with Crippen LogP contribution in [0.5, 0.6) is 11.5 Å². The molecule has 2 aromatic heterocycles. The van der Waals surface area contributed by atoms with Crippen LogP contribution in [0.15, 0.2) is 42.7 Å².